The predicted molar refractivity (Wildman–Crippen MR) is 435 cm³/mol. The number of rotatable bonds is 18. The van der Waals surface area contributed by atoms with Gasteiger partial charge in [0.15, 0.2) is 12.6 Å². The van der Waals surface area contributed by atoms with Gasteiger partial charge in [-0.05, 0) is 211 Å². The molecule has 0 aliphatic carbocycles. The molecule has 120 heavy (non-hydrogen) atoms. The summed E-state index contributed by atoms with van der Waals surface area (Å²) in [6, 6.07) is 26.2. The number of nitriles is 1. The van der Waals surface area contributed by atoms with E-state index in [0.29, 0.717) is 95.3 Å². The van der Waals surface area contributed by atoms with Crippen molar-refractivity contribution in [3.63, 3.8) is 0 Å². The van der Waals surface area contributed by atoms with Gasteiger partial charge in [0.05, 0.1) is 38.6 Å². The molecule has 40 heteroatoms. The van der Waals surface area contributed by atoms with E-state index in [1.807, 2.05) is 6.66 Å². The van der Waals surface area contributed by atoms with Crippen LogP contribution in [0.25, 0.3) is 77.1 Å². The van der Waals surface area contributed by atoms with Crippen LogP contribution in [0.4, 0.5) is 48.3 Å². The molecule has 7 aromatic carbocycles. The van der Waals surface area contributed by atoms with Crippen LogP contribution in [0.5, 0.6) is 0 Å². The van der Waals surface area contributed by atoms with Crippen molar-refractivity contribution >= 4 is 172 Å². The standard InChI is InChI=1S/C13H12FNO2.C12H10F3NO2.C12H10FNO3.C11H9BrFN3O2.C11H9BrFNO2.C10H6F3NO2.C7H4BrFO.CHN.CO.CH5P.CH3.K/c1-3-8-5-9(14)6-11-10(8)7-12(15-11)13(16)17-4-2;1-2-18-12(17)10-5-7-8(11(14)15)3-6(13)4-9(7)16-10;1-2-17-12(16)11-5-9-7(6-15)3-8(13)4-10(9)14-11;1-2-18-11(17)10(15-16-14)5-7-3-4-8(13)6-9(7)12;1-2-16-11(15)10-5-7-8(12)3-6(13)4-9(7)14-10;11-4-1-6(9(12)13)5-3-8(10(15)16)14-7(5)2-4;8-7-3-6(9)2-1-5(7)4-10;3*1-2;;/h3,5-7,15H,1,4H2,2H3;3-5,11,16H,2H2,1H3;3-6,14H,2H2,1H3;3-6H,2H2,1H3;3-5,14H,2H2,1H3;1-3,9,14H,(H,15,16);1-4H;1H;;2H2,1H3;1H3;/q;;;;;;;;;;-1;+1/b;;;10-5-;;;;;;;;. The Kier molecular flexibility index (Phi) is 48.5. The minimum absolute atomic E-state index is 0. The van der Waals surface area contributed by atoms with Crippen molar-refractivity contribution in [3.8, 4) is 6.57 Å². The maximum absolute atomic E-state index is 13.3. The summed E-state index contributed by atoms with van der Waals surface area (Å²) in [4.78, 5) is 105. The number of hydrogen-bond acceptors (Lipinski definition) is 15. The zero-order valence-electron chi connectivity index (χ0n) is 64.2. The Morgan fingerprint density at radius 2 is 0.783 bits per heavy atom. The van der Waals surface area contributed by atoms with Gasteiger partial charge < -0.3 is 61.1 Å². The maximum atomic E-state index is 13.3. The summed E-state index contributed by atoms with van der Waals surface area (Å²) < 4.78 is 174. The fourth-order valence-corrected chi connectivity index (χ4v) is 11.3. The van der Waals surface area contributed by atoms with Gasteiger partial charge in [0.1, 0.15) is 74.9 Å². The Balaban J connectivity index is 0.000000693. The number of halogens is 14. The number of benzene rings is 7. The van der Waals surface area contributed by atoms with Crippen LogP contribution in [0.15, 0.2) is 158 Å². The molecule has 1 unspecified atom stereocenters. The van der Waals surface area contributed by atoms with Gasteiger partial charge in [0, 0.05) is 96.2 Å². The summed E-state index contributed by atoms with van der Waals surface area (Å²) in [6.45, 7) is 23.2. The number of aldehydes is 2. The molecular weight excluding hydrogens is 1850 g/mol. The molecule has 0 fully saturated rings. The molecule has 0 bridgehead atoms. The minimum Gasteiger partial charge on any atom is -0.358 e. The molecule has 5 aromatic heterocycles. The van der Waals surface area contributed by atoms with Crippen LogP contribution in [0.2, 0.25) is 0 Å². The molecule has 0 saturated carbocycles. The third-order valence-corrected chi connectivity index (χ3v) is 16.6. The van der Waals surface area contributed by atoms with E-state index >= 15 is 0 Å². The first-order chi connectivity index (χ1) is 56.2. The molecule has 0 saturated heterocycles. The summed E-state index contributed by atoms with van der Waals surface area (Å²) >= 11 is 9.42. The molecule has 24 nitrogen and oxygen atoms in total. The fourth-order valence-electron chi connectivity index (χ4n) is 9.84. The normalized spacial score (nSPS) is 10.0. The number of carboxylic acids is 1. The van der Waals surface area contributed by atoms with E-state index in [4.69, 9.17) is 44.2 Å². The number of aromatic amines is 5. The van der Waals surface area contributed by atoms with Crippen LogP contribution in [-0.4, -0.2) is 118 Å². The van der Waals surface area contributed by atoms with Gasteiger partial charge in [-0.25, -0.2) is 82.3 Å². The minimum atomic E-state index is -2.85. The second-order valence-electron chi connectivity index (χ2n) is 22.1. The van der Waals surface area contributed by atoms with Crippen molar-refractivity contribution in [2.75, 3.05) is 39.7 Å². The molecule has 12 aromatic rings. The number of carbonyl (C=O) groups excluding carboxylic acids is 7. The molecule has 0 aliphatic heterocycles. The van der Waals surface area contributed by atoms with Gasteiger partial charge in [-0.1, -0.05) is 46.4 Å². The van der Waals surface area contributed by atoms with Crippen molar-refractivity contribution < 1.29 is 171 Å². The first-order valence-electron chi connectivity index (χ1n) is 33.4. The third kappa shape index (κ3) is 31.7. The smallest absolute Gasteiger partial charge is 0.358 e. The van der Waals surface area contributed by atoms with E-state index in [0.717, 1.165) is 41.1 Å². The second kappa shape index (κ2) is 54.4. The molecule has 0 aliphatic rings. The van der Waals surface area contributed by atoms with Crippen molar-refractivity contribution in [2.24, 2.45) is 5.11 Å². The number of carbonyl (C=O) groups is 8. The number of aromatic nitrogens is 5. The van der Waals surface area contributed by atoms with E-state index in [2.05, 4.69) is 112 Å². The predicted octanol–water partition coefficient (Wildman–Crippen LogP) is 19.3. The number of aromatic carboxylic acids is 1. The zero-order valence-corrected chi connectivity index (χ0v) is 73.3. The summed E-state index contributed by atoms with van der Waals surface area (Å²) in [5.41, 5.74) is 11.4. The number of carboxylic acid groups (broad SMARTS) is 1. The average molecular weight is 1920 g/mol. The van der Waals surface area contributed by atoms with Crippen molar-refractivity contribution in [2.45, 2.75) is 47.5 Å². The number of alkyl halides is 4. The number of ether oxygens (including phenoxy) is 5. The van der Waals surface area contributed by atoms with Crippen LogP contribution in [0.1, 0.15) is 143 Å². The van der Waals surface area contributed by atoms with Crippen LogP contribution in [-0.2, 0) is 33.1 Å². The number of fused-ring (bicyclic) bond motifs is 5. The molecular formula is C80H69Br3F11KN9O15P. The molecule has 6 N–H and O–H groups in total. The maximum Gasteiger partial charge on any atom is 1.00 e. The van der Waals surface area contributed by atoms with Gasteiger partial charge in [-0.3, -0.25) is 9.59 Å². The SMILES string of the molecule is C#N.C=Cc1cc(F)cc2[nH]c(C(=O)OCC)cc12.CCOC(=O)/C(=C/c1ccc(F)cc1Br)N=[N+]=[N-].CCOC(=O)c1cc2c(Br)cc(F)cc2[nH]1.CCOC(=O)c1cc2c(C(F)F)cc(F)cc2[nH]1.CCOC(=O)c1cc2c(C=O)cc(F)cc2[nH]1.CP.O=C(O)c1cc2c(C(F)F)cc(F)cc2[nH]1.O=Cc1ccc(F)cc1Br.[C-]#[O+].[CH3-].[K+]. The van der Waals surface area contributed by atoms with Crippen molar-refractivity contribution in [1.82, 2.24) is 24.9 Å². The number of nitrogens with one attached hydrogen (secondary N) is 5. The number of esters is 5. The second-order valence-corrected chi connectivity index (χ2v) is 24.7. The summed E-state index contributed by atoms with van der Waals surface area (Å²) in [5.74, 6) is -7.73. The first kappa shape index (κ1) is 107. The topological polar surface area (TPSA) is 374 Å². The van der Waals surface area contributed by atoms with Crippen LogP contribution in [0.3, 0.4) is 0 Å². The third-order valence-electron chi connectivity index (χ3n) is 14.6. The molecule has 0 spiro atoms. The summed E-state index contributed by atoms with van der Waals surface area (Å²) in [6.07, 6.45) is -1.57. The first-order valence-corrected chi connectivity index (χ1v) is 36.9. The van der Waals surface area contributed by atoms with Crippen LogP contribution in [0, 0.1) is 66.6 Å². The van der Waals surface area contributed by atoms with Gasteiger partial charge in [-0.15, -0.1) is 9.24 Å². The van der Waals surface area contributed by atoms with E-state index in [9.17, 15) is 86.7 Å². The molecule has 5 heterocycles. The van der Waals surface area contributed by atoms with E-state index in [1.54, 1.807) is 52.8 Å². The molecule has 0 radical (unpaired) electrons. The average Bonchev–Trinajstić information content (AvgIpc) is 1.67. The fraction of sp³-hybridized carbons (Fsp3) is 0.163. The number of azide groups is 1. The van der Waals surface area contributed by atoms with E-state index in [1.165, 1.54) is 84.9 Å². The quantitative estimate of drug-likeness (QED) is 0.00378. The Hall–Kier alpha value is -10.8. The number of nitrogens with zero attached hydrogens (tertiary/aromatic N) is 4. The van der Waals surface area contributed by atoms with Crippen LogP contribution >= 0.6 is 57.0 Å². The monoisotopic (exact) mass is 1910 g/mol. The van der Waals surface area contributed by atoms with Crippen LogP contribution < -0.4 is 51.4 Å². The molecule has 628 valence electrons. The van der Waals surface area contributed by atoms with Gasteiger partial charge in [0.2, 0.25) is 0 Å². The Labute approximate surface area is 746 Å². The molecule has 0 amide bonds. The Morgan fingerprint density at radius 1 is 0.483 bits per heavy atom. The van der Waals surface area contributed by atoms with Gasteiger partial charge in [0.25, 0.3) is 12.9 Å². The summed E-state index contributed by atoms with van der Waals surface area (Å²) in [5, 5.41) is 20.6. The van der Waals surface area contributed by atoms with Crippen molar-refractivity contribution in [3.05, 3.63) is 280 Å². The van der Waals surface area contributed by atoms with Gasteiger partial charge in [-0.2, -0.15) is 0 Å². The van der Waals surface area contributed by atoms with Gasteiger partial charge >= 0.3 is 98.5 Å². The Bertz CT molecular complexity index is 5580. The molecule has 1 atom stereocenters. The zero-order chi connectivity index (χ0) is 88.8. The number of H-pyrrole nitrogens is 5. The summed E-state index contributed by atoms with van der Waals surface area (Å²) in [7, 11) is 2.42. The molecule has 12 rings (SSSR count). The number of hydrogen-bond donors (Lipinski definition) is 6. The van der Waals surface area contributed by atoms with E-state index < -0.39 is 83.1 Å². The van der Waals surface area contributed by atoms with E-state index in [-0.39, 0.29) is 146 Å². The van der Waals surface area contributed by atoms with Crippen molar-refractivity contribution in [1.29, 1.82) is 5.26 Å². The largest absolute Gasteiger partial charge is 1.00 e. The Morgan fingerprint density at radius 3 is 1.12 bits per heavy atom.